The molecular weight excluding hydrogens is 413 g/mol. The van der Waals surface area contributed by atoms with Crippen LogP contribution in [0.25, 0.3) is 10.9 Å². The van der Waals surface area contributed by atoms with Gasteiger partial charge in [-0.1, -0.05) is 12.1 Å². The molecule has 1 heterocycles. The number of urea groups is 1. The second kappa shape index (κ2) is 9.17. The van der Waals surface area contributed by atoms with Crippen LogP contribution in [0.1, 0.15) is 24.4 Å². The Hall–Kier alpha value is -3.40. The van der Waals surface area contributed by atoms with E-state index in [0.29, 0.717) is 16.7 Å². The Morgan fingerprint density at radius 2 is 1.84 bits per heavy atom. The van der Waals surface area contributed by atoms with Crippen LogP contribution < -0.4 is 16.2 Å². The van der Waals surface area contributed by atoms with Crippen LogP contribution in [0.4, 0.5) is 23.7 Å². The number of hydrogen-bond acceptors (Lipinski definition) is 4. The lowest BCUT2D eigenvalue weighted by atomic mass is 10.2. The van der Waals surface area contributed by atoms with Gasteiger partial charge >= 0.3 is 12.2 Å². The van der Waals surface area contributed by atoms with Gasteiger partial charge in [0.2, 0.25) is 0 Å². The second-order valence-corrected chi connectivity index (χ2v) is 6.83. The fourth-order valence-electron chi connectivity index (χ4n) is 3.09. The van der Waals surface area contributed by atoms with Crippen LogP contribution in [-0.4, -0.2) is 29.3 Å². The summed E-state index contributed by atoms with van der Waals surface area (Å²) in [6, 6.07) is 9.66. The zero-order valence-corrected chi connectivity index (χ0v) is 16.9. The Morgan fingerprint density at radius 3 is 2.48 bits per heavy atom. The molecule has 0 aliphatic carbocycles. The van der Waals surface area contributed by atoms with Crippen LogP contribution in [0.2, 0.25) is 0 Å². The molecule has 3 rings (SSSR count). The molecular formula is C21H21F3N4O3. The van der Waals surface area contributed by atoms with Gasteiger partial charge in [0.15, 0.2) is 0 Å². The zero-order valence-electron chi connectivity index (χ0n) is 16.9. The Balaban J connectivity index is 1.81. The number of fused-ring (bicyclic) bond motifs is 1. The van der Waals surface area contributed by atoms with Crippen molar-refractivity contribution in [2.24, 2.45) is 0 Å². The van der Waals surface area contributed by atoms with E-state index in [1.165, 1.54) is 11.7 Å². The predicted octanol–water partition coefficient (Wildman–Crippen LogP) is 3.94. The first-order valence-corrected chi connectivity index (χ1v) is 9.44. The highest BCUT2D eigenvalue weighted by Gasteiger charge is 2.30. The van der Waals surface area contributed by atoms with Crippen molar-refractivity contribution in [3.63, 3.8) is 0 Å². The van der Waals surface area contributed by atoms with Gasteiger partial charge in [-0.2, -0.15) is 13.2 Å². The maximum Gasteiger partial charge on any atom is 0.416 e. The molecule has 2 N–H and O–H groups in total. The normalized spacial score (nSPS) is 12.5. The molecule has 0 bridgehead atoms. The fourth-order valence-corrected chi connectivity index (χ4v) is 3.09. The highest BCUT2D eigenvalue weighted by molar-refractivity contribution is 5.89. The number of ether oxygens (including phenoxy) is 1. The van der Waals surface area contributed by atoms with Crippen LogP contribution in [-0.2, 0) is 17.5 Å². The minimum Gasteiger partial charge on any atom is -0.383 e. The predicted molar refractivity (Wildman–Crippen MR) is 110 cm³/mol. The van der Waals surface area contributed by atoms with Crippen LogP contribution in [0.3, 0.4) is 0 Å². The standard InChI is InChI=1S/C21H21F3N4O3/c1-13(25-20(30)26-15-9-7-14(8-10-15)21(22,23)24)18-27-17-6-4-3-5-16(17)19(29)28(18)11-12-31-2/h3-10,13H,11-12H2,1-2H3,(H2,25,26,30). The van der Waals surface area contributed by atoms with E-state index in [0.717, 1.165) is 24.3 Å². The number of nitrogens with one attached hydrogen (secondary N) is 2. The third-order valence-corrected chi connectivity index (χ3v) is 4.62. The number of halogens is 3. The van der Waals surface area contributed by atoms with Gasteiger partial charge in [-0.15, -0.1) is 0 Å². The lowest BCUT2D eigenvalue weighted by Gasteiger charge is -2.20. The average molecular weight is 434 g/mol. The first kappa shape index (κ1) is 22.3. The molecule has 0 fully saturated rings. The minimum atomic E-state index is -4.46. The van der Waals surface area contributed by atoms with E-state index >= 15 is 0 Å². The summed E-state index contributed by atoms with van der Waals surface area (Å²) >= 11 is 0. The summed E-state index contributed by atoms with van der Waals surface area (Å²) in [4.78, 5) is 29.8. The molecule has 0 saturated heterocycles. The maximum atomic E-state index is 12.9. The molecule has 10 heteroatoms. The molecule has 7 nitrogen and oxygen atoms in total. The van der Waals surface area contributed by atoms with Gasteiger partial charge in [0, 0.05) is 12.8 Å². The first-order chi connectivity index (χ1) is 14.7. The molecule has 0 radical (unpaired) electrons. The summed E-state index contributed by atoms with van der Waals surface area (Å²) < 4.78 is 44.5. The first-order valence-electron chi connectivity index (χ1n) is 9.44. The van der Waals surface area contributed by atoms with Gasteiger partial charge in [0.05, 0.1) is 35.7 Å². The molecule has 0 spiro atoms. The zero-order chi connectivity index (χ0) is 22.6. The number of amides is 2. The molecule has 2 aromatic carbocycles. The van der Waals surface area contributed by atoms with Crippen molar-refractivity contribution in [1.82, 2.24) is 14.9 Å². The number of para-hydroxylation sites is 1. The molecule has 1 aromatic heterocycles. The monoisotopic (exact) mass is 434 g/mol. The van der Waals surface area contributed by atoms with Gasteiger partial charge in [-0.05, 0) is 43.3 Å². The number of aromatic nitrogens is 2. The van der Waals surface area contributed by atoms with Crippen LogP contribution in [0.15, 0.2) is 53.3 Å². The maximum absolute atomic E-state index is 12.9. The lowest BCUT2D eigenvalue weighted by Crippen LogP contribution is -2.36. The molecule has 1 unspecified atom stereocenters. The van der Waals surface area contributed by atoms with Crippen molar-refractivity contribution in [2.75, 3.05) is 19.0 Å². The number of carbonyl (C=O) groups excluding carboxylic acids is 1. The van der Waals surface area contributed by atoms with E-state index in [-0.39, 0.29) is 24.4 Å². The summed E-state index contributed by atoms with van der Waals surface area (Å²) in [5.41, 5.74) is -0.377. The van der Waals surface area contributed by atoms with Crippen LogP contribution in [0.5, 0.6) is 0 Å². The average Bonchev–Trinajstić information content (AvgIpc) is 2.72. The quantitative estimate of drug-likeness (QED) is 0.615. The number of anilines is 1. The topological polar surface area (TPSA) is 85.2 Å². The Bertz CT molecular complexity index is 1130. The molecule has 2 amide bonds. The van der Waals surface area contributed by atoms with Crippen molar-refractivity contribution in [2.45, 2.75) is 25.7 Å². The number of hydrogen-bond donors (Lipinski definition) is 2. The third kappa shape index (κ3) is 5.21. The van der Waals surface area contributed by atoms with E-state index in [4.69, 9.17) is 4.74 Å². The van der Waals surface area contributed by atoms with Gasteiger partial charge in [-0.3, -0.25) is 9.36 Å². The van der Waals surface area contributed by atoms with E-state index in [9.17, 15) is 22.8 Å². The summed E-state index contributed by atoms with van der Waals surface area (Å²) in [6.45, 7) is 2.18. The van der Waals surface area contributed by atoms with Crippen molar-refractivity contribution < 1.29 is 22.7 Å². The number of alkyl halides is 3. The number of rotatable bonds is 6. The van der Waals surface area contributed by atoms with Crippen molar-refractivity contribution in [1.29, 1.82) is 0 Å². The van der Waals surface area contributed by atoms with Gasteiger partial charge in [-0.25, -0.2) is 9.78 Å². The fraction of sp³-hybridized carbons (Fsp3) is 0.286. The smallest absolute Gasteiger partial charge is 0.383 e. The van der Waals surface area contributed by atoms with Crippen molar-refractivity contribution in [3.05, 3.63) is 70.3 Å². The summed E-state index contributed by atoms with van der Waals surface area (Å²) in [6.07, 6.45) is -4.46. The van der Waals surface area contributed by atoms with E-state index in [2.05, 4.69) is 15.6 Å². The molecule has 1 atom stereocenters. The van der Waals surface area contributed by atoms with Crippen molar-refractivity contribution in [3.8, 4) is 0 Å². The summed E-state index contributed by atoms with van der Waals surface area (Å²) in [7, 11) is 1.51. The largest absolute Gasteiger partial charge is 0.416 e. The molecule has 0 aliphatic heterocycles. The summed E-state index contributed by atoms with van der Waals surface area (Å²) in [5.74, 6) is 0.336. The molecule has 3 aromatic rings. The van der Waals surface area contributed by atoms with Crippen LogP contribution >= 0.6 is 0 Å². The molecule has 0 aliphatic rings. The Labute approximate surface area is 175 Å². The highest BCUT2D eigenvalue weighted by atomic mass is 19.4. The second-order valence-electron chi connectivity index (χ2n) is 6.83. The lowest BCUT2D eigenvalue weighted by molar-refractivity contribution is -0.137. The number of carbonyl (C=O) groups is 1. The number of benzene rings is 2. The Kier molecular flexibility index (Phi) is 6.59. The van der Waals surface area contributed by atoms with Crippen LogP contribution in [0, 0.1) is 0 Å². The van der Waals surface area contributed by atoms with Gasteiger partial charge in [0.1, 0.15) is 5.82 Å². The Morgan fingerprint density at radius 1 is 1.16 bits per heavy atom. The number of methoxy groups -OCH3 is 1. The highest BCUT2D eigenvalue weighted by Crippen LogP contribution is 2.29. The third-order valence-electron chi connectivity index (χ3n) is 4.62. The van der Waals surface area contributed by atoms with E-state index in [1.54, 1.807) is 31.2 Å². The molecule has 164 valence electrons. The molecule has 31 heavy (non-hydrogen) atoms. The van der Waals surface area contributed by atoms with E-state index < -0.39 is 23.8 Å². The van der Waals surface area contributed by atoms with Gasteiger partial charge in [0.25, 0.3) is 5.56 Å². The number of nitrogens with zero attached hydrogens (tertiary/aromatic N) is 2. The SMILES string of the molecule is COCCn1c(C(C)NC(=O)Nc2ccc(C(F)(F)F)cc2)nc2ccccc2c1=O. The summed E-state index contributed by atoms with van der Waals surface area (Å²) in [5, 5.41) is 5.59. The van der Waals surface area contributed by atoms with E-state index in [1.807, 2.05) is 0 Å². The van der Waals surface area contributed by atoms with Gasteiger partial charge < -0.3 is 15.4 Å². The minimum absolute atomic E-state index is 0.195. The molecule has 0 saturated carbocycles. The van der Waals surface area contributed by atoms with Crippen molar-refractivity contribution >= 4 is 22.6 Å².